The van der Waals surface area contributed by atoms with Crippen LogP contribution in [0.5, 0.6) is 5.75 Å². The summed E-state index contributed by atoms with van der Waals surface area (Å²) < 4.78 is 0.593. The monoisotopic (exact) mass is 324 g/mol. The van der Waals surface area contributed by atoms with Gasteiger partial charge in [0.25, 0.3) is 0 Å². The van der Waals surface area contributed by atoms with Gasteiger partial charge in [0.05, 0.1) is 9.50 Å². The number of phenols is 1. The van der Waals surface area contributed by atoms with E-state index in [1.807, 2.05) is 25.1 Å². The van der Waals surface area contributed by atoms with E-state index < -0.39 is 0 Å². The Kier molecular flexibility index (Phi) is 3.99. The van der Waals surface area contributed by atoms with Crippen LogP contribution in [0.15, 0.2) is 51.1 Å². The summed E-state index contributed by atoms with van der Waals surface area (Å²) in [5, 5.41) is 18.4. The van der Waals surface area contributed by atoms with Gasteiger partial charge in [-0.25, -0.2) is 0 Å². The Balaban J connectivity index is 2.38. The van der Waals surface area contributed by atoms with Crippen LogP contribution in [0.1, 0.15) is 5.56 Å². The second kappa shape index (κ2) is 5.50. The standard InChI is InChI=1S/C13H10BrClN2O/c1-8-6-9(14)13(18)12(7-8)17-16-11-5-3-2-4-10(11)15/h2-7,18H,1H3. The largest absolute Gasteiger partial charge is 0.505 e. The predicted octanol–water partition coefficient (Wildman–Crippen LogP) is 5.53. The molecule has 0 heterocycles. The van der Waals surface area contributed by atoms with Crippen molar-refractivity contribution in [2.24, 2.45) is 10.2 Å². The number of hydrogen-bond donors (Lipinski definition) is 1. The van der Waals surface area contributed by atoms with E-state index in [2.05, 4.69) is 26.2 Å². The Morgan fingerprint density at radius 2 is 1.78 bits per heavy atom. The Morgan fingerprint density at radius 1 is 1.11 bits per heavy atom. The van der Waals surface area contributed by atoms with Crippen LogP contribution in [-0.2, 0) is 0 Å². The molecule has 1 N–H and O–H groups in total. The van der Waals surface area contributed by atoms with Gasteiger partial charge in [-0.15, -0.1) is 10.2 Å². The molecule has 0 aliphatic rings. The van der Waals surface area contributed by atoms with Crippen LogP contribution in [0, 0.1) is 6.92 Å². The molecular formula is C13H10BrClN2O. The van der Waals surface area contributed by atoms with Crippen LogP contribution in [0.2, 0.25) is 5.02 Å². The van der Waals surface area contributed by atoms with E-state index in [0.29, 0.717) is 20.9 Å². The fourth-order valence-corrected chi connectivity index (χ4v) is 2.17. The molecule has 0 aliphatic carbocycles. The lowest BCUT2D eigenvalue weighted by Crippen LogP contribution is -1.75. The average molecular weight is 326 g/mol. The molecule has 5 heteroatoms. The van der Waals surface area contributed by atoms with Crippen molar-refractivity contribution in [3.63, 3.8) is 0 Å². The zero-order chi connectivity index (χ0) is 13.1. The zero-order valence-corrected chi connectivity index (χ0v) is 11.9. The molecule has 3 nitrogen and oxygen atoms in total. The van der Waals surface area contributed by atoms with Gasteiger partial charge in [-0.3, -0.25) is 0 Å². The molecule has 0 bridgehead atoms. The van der Waals surface area contributed by atoms with Crippen molar-refractivity contribution in [1.29, 1.82) is 0 Å². The Hall–Kier alpha value is -1.39. The lowest BCUT2D eigenvalue weighted by molar-refractivity contribution is 0.473. The number of azo groups is 1. The highest BCUT2D eigenvalue weighted by atomic mass is 79.9. The molecule has 0 fully saturated rings. The molecule has 2 aromatic carbocycles. The summed E-state index contributed by atoms with van der Waals surface area (Å²) in [6.45, 7) is 1.92. The van der Waals surface area contributed by atoms with Gasteiger partial charge in [-0.2, -0.15) is 0 Å². The van der Waals surface area contributed by atoms with Gasteiger partial charge < -0.3 is 5.11 Å². The molecular weight excluding hydrogens is 316 g/mol. The third kappa shape index (κ3) is 2.89. The maximum Gasteiger partial charge on any atom is 0.157 e. The molecule has 0 aromatic heterocycles. The molecule has 0 spiro atoms. The minimum Gasteiger partial charge on any atom is -0.505 e. The van der Waals surface area contributed by atoms with Crippen molar-refractivity contribution in [3.05, 3.63) is 51.5 Å². The highest BCUT2D eigenvalue weighted by Gasteiger charge is 2.06. The molecule has 92 valence electrons. The molecule has 2 rings (SSSR count). The van der Waals surface area contributed by atoms with Crippen molar-refractivity contribution < 1.29 is 5.11 Å². The van der Waals surface area contributed by atoms with Crippen molar-refractivity contribution >= 4 is 38.9 Å². The zero-order valence-electron chi connectivity index (χ0n) is 9.56. The van der Waals surface area contributed by atoms with E-state index in [-0.39, 0.29) is 5.75 Å². The Bertz CT molecular complexity index is 614. The molecule has 0 amide bonds. The summed E-state index contributed by atoms with van der Waals surface area (Å²) >= 11 is 9.23. The van der Waals surface area contributed by atoms with Gasteiger partial charge >= 0.3 is 0 Å². The number of aryl methyl sites for hydroxylation is 1. The van der Waals surface area contributed by atoms with E-state index in [4.69, 9.17) is 11.6 Å². The first-order valence-electron chi connectivity index (χ1n) is 5.23. The van der Waals surface area contributed by atoms with Crippen molar-refractivity contribution in [3.8, 4) is 5.75 Å². The summed E-state index contributed by atoms with van der Waals surface area (Å²) in [6, 6.07) is 10.7. The summed E-state index contributed by atoms with van der Waals surface area (Å²) in [5.41, 5.74) is 1.95. The first-order chi connectivity index (χ1) is 8.58. The van der Waals surface area contributed by atoms with E-state index in [0.717, 1.165) is 5.56 Å². The van der Waals surface area contributed by atoms with E-state index in [1.165, 1.54) is 0 Å². The van der Waals surface area contributed by atoms with Gasteiger partial charge in [0, 0.05) is 0 Å². The lowest BCUT2D eigenvalue weighted by Gasteiger charge is -2.02. The summed E-state index contributed by atoms with van der Waals surface area (Å²) in [5.74, 6) is 0.0661. The SMILES string of the molecule is Cc1cc(Br)c(O)c(N=Nc2ccccc2Cl)c1. The minimum absolute atomic E-state index is 0.0661. The number of rotatable bonds is 2. The number of halogens is 2. The van der Waals surface area contributed by atoms with Crippen LogP contribution >= 0.6 is 27.5 Å². The number of nitrogens with zero attached hydrogens (tertiary/aromatic N) is 2. The van der Waals surface area contributed by atoms with Crippen molar-refractivity contribution in [2.75, 3.05) is 0 Å². The van der Waals surface area contributed by atoms with Crippen LogP contribution in [0.25, 0.3) is 0 Å². The van der Waals surface area contributed by atoms with Crippen molar-refractivity contribution in [2.45, 2.75) is 6.92 Å². The average Bonchev–Trinajstić information content (AvgIpc) is 2.33. The van der Waals surface area contributed by atoms with Gasteiger partial charge in [0.15, 0.2) is 5.75 Å². The first kappa shape index (κ1) is 13.1. The molecule has 0 atom stereocenters. The van der Waals surface area contributed by atoms with Gasteiger partial charge in [0.1, 0.15) is 11.4 Å². The maximum absolute atomic E-state index is 9.84. The second-order valence-corrected chi connectivity index (χ2v) is 5.03. The lowest BCUT2D eigenvalue weighted by atomic mass is 10.2. The topological polar surface area (TPSA) is 45.0 Å². The third-order valence-corrected chi connectivity index (χ3v) is 3.23. The van der Waals surface area contributed by atoms with Crippen LogP contribution in [0.3, 0.4) is 0 Å². The molecule has 18 heavy (non-hydrogen) atoms. The normalized spacial score (nSPS) is 11.1. The van der Waals surface area contributed by atoms with Crippen molar-refractivity contribution in [1.82, 2.24) is 0 Å². The van der Waals surface area contributed by atoms with E-state index >= 15 is 0 Å². The van der Waals surface area contributed by atoms with E-state index in [1.54, 1.807) is 18.2 Å². The van der Waals surface area contributed by atoms with E-state index in [9.17, 15) is 5.11 Å². The Morgan fingerprint density at radius 3 is 2.50 bits per heavy atom. The van der Waals surface area contributed by atoms with Crippen LogP contribution in [-0.4, -0.2) is 5.11 Å². The van der Waals surface area contributed by atoms with Gasteiger partial charge in [-0.1, -0.05) is 23.7 Å². The molecule has 0 radical (unpaired) electrons. The predicted molar refractivity (Wildman–Crippen MR) is 76.2 cm³/mol. The molecule has 0 aliphatic heterocycles. The Labute approximate surface area is 118 Å². The van der Waals surface area contributed by atoms with Crippen LogP contribution in [0.4, 0.5) is 11.4 Å². The number of benzene rings is 2. The fraction of sp³-hybridized carbons (Fsp3) is 0.0769. The van der Waals surface area contributed by atoms with Gasteiger partial charge in [0.2, 0.25) is 0 Å². The first-order valence-corrected chi connectivity index (χ1v) is 6.40. The summed E-state index contributed by atoms with van der Waals surface area (Å²) in [4.78, 5) is 0. The molecule has 2 aromatic rings. The minimum atomic E-state index is 0.0661. The molecule has 0 unspecified atom stereocenters. The third-order valence-electron chi connectivity index (χ3n) is 2.31. The maximum atomic E-state index is 9.84. The second-order valence-electron chi connectivity index (χ2n) is 3.77. The number of hydrogen-bond acceptors (Lipinski definition) is 3. The fourth-order valence-electron chi connectivity index (χ4n) is 1.43. The smallest absolute Gasteiger partial charge is 0.157 e. The summed E-state index contributed by atoms with van der Waals surface area (Å²) in [6.07, 6.45) is 0. The summed E-state index contributed by atoms with van der Waals surface area (Å²) in [7, 11) is 0. The van der Waals surface area contributed by atoms with Gasteiger partial charge in [-0.05, 0) is 52.7 Å². The highest BCUT2D eigenvalue weighted by molar-refractivity contribution is 9.10. The number of phenolic OH excluding ortho intramolecular Hbond substituents is 1. The molecule has 0 saturated carbocycles. The highest BCUT2D eigenvalue weighted by Crippen LogP contribution is 2.36. The molecule has 0 saturated heterocycles. The quantitative estimate of drug-likeness (QED) is 0.725. The number of aromatic hydroxyl groups is 1. The van der Waals surface area contributed by atoms with Crippen LogP contribution < -0.4 is 0 Å².